The molecule has 0 radical (unpaired) electrons. The van der Waals surface area contributed by atoms with E-state index in [9.17, 15) is 8.42 Å². The van der Waals surface area contributed by atoms with Crippen LogP contribution in [-0.2, 0) is 23.1 Å². The van der Waals surface area contributed by atoms with Crippen LogP contribution in [0.4, 0.5) is 0 Å². The summed E-state index contributed by atoms with van der Waals surface area (Å²) in [4.78, 5) is 4.53. The van der Waals surface area contributed by atoms with Crippen LogP contribution in [0.1, 0.15) is 11.3 Å². The number of aromatic nitrogens is 5. The first-order valence-electron chi connectivity index (χ1n) is 8.91. The molecule has 2 aromatic heterocycles. The lowest BCUT2D eigenvalue weighted by Gasteiger charge is -2.22. The Balaban J connectivity index is 1.63. The molecule has 4 rings (SSSR count). The van der Waals surface area contributed by atoms with Crippen molar-refractivity contribution in [1.29, 1.82) is 0 Å². The fourth-order valence-electron chi connectivity index (χ4n) is 2.89. The molecule has 0 amide bonds. The number of aromatic amines is 1. The van der Waals surface area contributed by atoms with Gasteiger partial charge in [-0.1, -0.05) is 48.5 Å². The maximum Gasteiger partial charge on any atom is 0.243 e. The monoisotopic (exact) mass is 406 g/mol. The molecular weight excluding hydrogens is 388 g/mol. The van der Waals surface area contributed by atoms with Gasteiger partial charge in [0.2, 0.25) is 15.8 Å². The van der Waals surface area contributed by atoms with Crippen LogP contribution >= 0.6 is 0 Å². The van der Waals surface area contributed by atoms with Crippen molar-refractivity contribution in [1.82, 2.24) is 29.9 Å². The fourth-order valence-corrected chi connectivity index (χ4v) is 4.31. The number of sulfonamides is 1. The molecule has 0 saturated heterocycles. The fraction of sp³-hybridized carbons (Fsp3) is 0.100. The van der Waals surface area contributed by atoms with Crippen LogP contribution in [-0.4, -0.2) is 38.3 Å². The Morgan fingerprint density at radius 1 is 0.862 bits per heavy atom. The minimum Gasteiger partial charge on any atom is -0.260 e. The predicted octanol–water partition coefficient (Wildman–Crippen LogP) is 2.65. The number of H-pyrrole nitrogens is 1. The molecule has 8 nitrogen and oxygen atoms in total. The van der Waals surface area contributed by atoms with Crippen molar-refractivity contribution in [2.75, 3.05) is 0 Å². The van der Waals surface area contributed by atoms with Crippen LogP contribution in [0.25, 0.3) is 11.4 Å². The van der Waals surface area contributed by atoms with E-state index in [4.69, 9.17) is 0 Å². The third-order valence-electron chi connectivity index (χ3n) is 4.36. The summed E-state index contributed by atoms with van der Waals surface area (Å²) in [5.74, 6) is 0.485. The number of nitrogens with zero attached hydrogens (tertiary/aromatic N) is 5. The number of benzene rings is 2. The van der Waals surface area contributed by atoms with E-state index >= 15 is 0 Å². The van der Waals surface area contributed by atoms with E-state index in [1.807, 2.05) is 36.4 Å². The maximum absolute atomic E-state index is 13.3. The first-order valence-corrected chi connectivity index (χ1v) is 10.3. The molecule has 0 bridgehead atoms. The average Bonchev–Trinajstić information content (AvgIpc) is 3.30. The van der Waals surface area contributed by atoms with Gasteiger partial charge in [-0.25, -0.2) is 8.42 Å². The van der Waals surface area contributed by atoms with Crippen LogP contribution in [0.5, 0.6) is 0 Å². The van der Waals surface area contributed by atoms with Gasteiger partial charge in [-0.15, -0.1) is 10.2 Å². The number of hydrogen-bond acceptors (Lipinski definition) is 6. The molecular formula is C20H18N6O2S. The molecule has 2 heterocycles. The van der Waals surface area contributed by atoms with E-state index in [2.05, 4.69) is 25.6 Å². The molecule has 0 saturated carbocycles. The maximum atomic E-state index is 13.3. The number of hydrogen-bond donors (Lipinski definition) is 1. The van der Waals surface area contributed by atoms with E-state index < -0.39 is 10.0 Å². The lowest BCUT2D eigenvalue weighted by atomic mass is 10.1. The summed E-state index contributed by atoms with van der Waals surface area (Å²) < 4.78 is 27.9. The summed E-state index contributed by atoms with van der Waals surface area (Å²) in [5, 5.41) is 13.9. The summed E-state index contributed by atoms with van der Waals surface area (Å²) in [6.07, 6.45) is 1.66. The quantitative estimate of drug-likeness (QED) is 0.506. The van der Waals surface area contributed by atoms with Gasteiger partial charge in [-0.05, 0) is 35.0 Å². The van der Waals surface area contributed by atoms with Gasteiger partial charge >= 0.3 is 0 Å². The van der Waals surface area contributed by atoms with Gasteiger partial charge in [0.25, 0.3) is 0 Å². The van der Waals surface area contributed by atoms with Gasteiger partial charge in [0.1, 0.15) is 0 Å². The normalized spacial score (nSPS) is 11.6. The molecule has 0 aliphatic carbocycles. The second-order valence-corrected chi connectivity index (χ2v) is 8.28. The Morgan fingerprint density at radius 3 is 2.28 bits per heavy atom. The molecule has 2 aromatic carbocycles. The topological polar surface area (TPSA) is 105 Å². The summed E-state index contributed by atoms with van der Waals surface area (Å²) in [6.45, 7) is 0.380. The lowest BCUT2D eigenvalue weighted by molar-refractivity contribution is 0.397. The van der Waals surface area contributed by atoms with Crippen LogP contribution < -0.4 is 0 Å². The van der Waals surface area contributed by atoms with Crippen molar-refractivity contribution in [3.63, 3.8) is 0 Å². The molecule has 0 aliphatic heterocycles. The van der Waals surface area contributed by atoms with Crippen molar-refractivity contribution < 1.29 is 8.42 Å². The van der Waals surface area contributed by atoms with Crippen LogP contribution in [0, 0.1) is 0 Å². The average molecular weight is 406 g/mol. The van der Waals surface area contributed by atoms with Crippen molar-refractivity contribution >= 4 is 10.0 Å². The van der Waals surface area contributed by atoms with Crippen LogP contribution in [0.3, 0.4) is 0 Å². The molecule has 0 aliphatic rings. The molecule has 146 valence electrons. The highest BCUT2D eigenvalue weighted by molar-refractivity contribution is 7.89. The number of rotatable bonds is 7. The van der Waals surface area contributed by atoms with Gasteiger partial charge in [0, 0.05) is 18.3 Å². The largest absolute Gasteiger partial charge is 0.260 e. The molecule has 29 heavy (non-hydrogen) atoms. The third-order valence-corrected chi connectivity index (χ3v) is 6.17. The Morgan fingerprint density at radius 2 is 1.62 bits per heavy atom. The van der Waals surface area contributed by atoms with Gasteiger partial charge < -0.3 is 0 Å². The standard InChI is InChI=1S/C20H18N6O2S/c27-29(28,19-7-2-1-3-8-19)26(15-18-6-4-5-13-21-18)14-16-9-11-17(12-10-16)20-22-24-25-23-20/h1-13H,14-15H2,(H,22,23,24,25). The number of pyridine rings is 1. The SMILES string of the molecule is O=S(=O)(c1ccccc1)N(Cc1ccc(-c2nn[nH]n2)cc1)Cc1ccccn1. The third kappa shape index (κ3) is 4.36. The summed E-state index contributed by atoms with van der Waals surface area (Å²) in [5.41, 5.74) is 2.31. The van der Waals surface area contributed by atoms with E-state index in [0.717, 1.165) is 11.1 Å². The van der Waals surface area contributed by atoms with Gasteiger partial charge in [0.05, 0.1) is 17.1 Å². The van der Waals surface area contributed by atoms with Gasteiger partial charge in [-0.2, -0.15) is 9.52 Å². The van der Waals surface area contributed by atoms with Gasteiger partial charge in [-0.3, -0.25) is 4.98 Å². The van der Waals surface area contributed by atoms with E-state index in [1.54, 1.807) is 42.6 Å². The first-order chi connectivity index (χ1) is 14.1. The molecule has 0 atom stereocenters. The van der Waals surface area contributed by atoms with E-state index in [-0.39, 0.29) is 18.0 Å². The van der Waals surface area contributed by atoms with Gasteiger partial charge in [0.15, 0.2) is 0 Å². The molecule has 4 aromatic rings. The highest BCUT2D eigenvalue weighted by atomic mass is 32.2. The highest BCUT2D eigenvalue weighted by Gasteiger charge is 2.25. The predicted molar refractivity (Wildman–Crippen MR) is 107 cm³/mol. The molecule has 0 unspecified atom stereocenters. The molecule has 9 heteroatoms. The summed E-state index contributed by atoms with van der Waals surface area (Å²) >= 11 is 0. The van der Waals surface area contributed by atoms with Crippen molar-refractivity contribution in [3.05, 3.63) is 90.3 Å². The Labute approximate surface area is 168 Å². The van der Waals surface area contributed by atoms with Crippen LogP contribution in [0.15, 0.2) is 83.9 Å². The lowest BCUT2D eigenvalue weighted by Crippen LogP contribution is -2.30. The zero-order valence-corrected chi connectivity index (χ0v) is 16.2. The summed E-state index contributed by atoms with van der Waals surface area (Å²) in [7, 11) is -3.70. The van der Waals surface area contributed by atoms with Crippen LogP contribution in [0.2, 0.25) is 0 Å². The molecule has 0 spiro atoms. The zero-order chi connectivity index (χ0) is 20.1. The minimum atomic E-state index is -3.70. The Bertz CT molecular complexity index is 1150. The minimum absolute atomic E-state index is 0.171. The zero-order valence-electron chi connectivity index (χ0n) is 15.4. The van der Waals surface area contributed by atoms with Crippen molar-refractivity contribution in [2.45, 2.75) is 18.0 Å². The molecule has 1 N–H and O–H groups in total. The number of nitrogens with one attached hydrogen (secondary N) is 1. The second-order valence-electron chi connectivity index (χ2n) is 6.34. The van der Waals surface area contributed by atoms with E-state index in [1.165, 1.54) is 4.31 Å². The smallest absolute Gasteiger partial charge is 0.243 e. The van der Waals surface area contributed by atoms with Crippen molar-refractivity contribution in [3.8, 4) is 11.4 Å². The first kappa shape index (κ1) is 18.9. The number of tetrazole rings is 1. The Kier molecular flexibility index (Phi) is 5.41. The highest BCUT2D eigenvalue weighted by Crippen LogP contribution is 2.22. The molecule has 0 fully saturated rings. The van der Waals surface area contributed by atoms with Crippen molar-refractivity contribution in [2.24, 2.45) is 0 Å². The van der Waals surface area contributed by atoms with E-state index in [0.29, 0.717) is 11.5 Å². The Hall–Kier alpha value is -3.43. The second kappa shape index (κ2) is 8.29. The summed E-state index contributed by atoms with van der Waals surface area (Å²) in [6, 6.07) is 21.3.